The summed E-state index contributed by atoms with van der Waals surface area (Å²) in [6, 6.07) is 0. The molecular weight excluding hydrogens is 208 g/mol. The molecule has 1 rings (SSSR count). The maximum atomic E-state index is 11.2. The van der Waals surface area contributed by atoms with Crippen LogP contribution in [0.5, 0.6) is 0 Å². The van der Waals surface area contributed by atoms with Gasteiger partial charge in [-0.3, -0.25) is 9.59 Å². The summed E-state index contributed by atoms with van der Waals surface area (Å²) in [5.74, 6) is -0.223. The summed E-state index contributed by atoms with van der Waals surface area (Å²) in [4.78, 5) is 22.4. The van der Waals surface area contributed by atoms with Crippen molar-refractivity contribution < 1.29 is 19.1 Å². The summed E-state index contributed by atoms with van der Waals surface area (Å²) in [7, 11) is 0. The third kappa shape index (κ3) is 6.43. The van der Waals surface area contributed by atoms with Crippen LogP contribution in [0.4, 0.5) is 0 Å². The lowest BCUT2D eigenvalue weighted by molar-refractivity contribution is -0.144. The van der Waals surface area contributed by atoms with E-state index in [-0.39, 0.29) is 11.9 Å². The summed E-state index contributed by atoms with van der Waals surface area (Å²) in [6.45, 7) is 0.986. The second-order valence-corrected chi connectivity index (χ2v) is 4.06. The molecular formula is C12H20O4. The minimum atomic E-state index is -0.111. The first-order valence-electron chi connectivity index (χ1n) is 6.10. The Hall–Kier alpha value is -1.06. The third-order valence-corrected chi connectivity index (χ3v) is 2.58. The van der Waals surface area contributed by atoms with Gasteiger partial charge in [0.25, 0.3) is 0 Å². The van der Waals surface area contributed by atoms with E-state index in [0.717, 1.165) is 38.5 Å². The molecule has 4 nitrogen and oxygen atoms in total. The van der Waals surface area contributed by atoms with Gasteiger partial charge in [0.15, 0.2) is 0 Å². The minimum absolute atomic E-state index is 0.111. The quantitative estimate of drug-likeness (QED) is 0.596. The van der Waals surface area contributed by atoms with Crippen LogP contribution in [0.3, 0.4) is 0 Å². The van der Waals surface area contributed by atoms with Crippen LogP contribution in [0.15, 0.2) is 0 Å². The second-order valence-electron chi connectivity index (χ2n) is 4.06. The lowest BCUT2D eigenvalue weighted by Crippen LogP contribution is -2.09. The molecule has 1 heterocycles. The van der Waals surface area contributed by atoms with E-state index in [1.165, 1.54) is 0 Å². The van der Waals surface area contributed by atoms with E-state index in [9.17, 15) is 9.59 Å². The predicted molar refractivity (Wildman–Crippen MR) is 58.9 cm³/mol. The summed E-state index contributed by atoms with van der Waals surface area (Å²) < 4.78 is 10.1. The monoisotopic (exact) mass is 228 g/mol. The summed E-state index contributed by atoms with van der Waals surface area (Å²) >= 11 is 0. The number of ether oxygens (including phenoxy) is 2. The molecule has 0 aromatic rings. The zero-order chi connectivity index (χ0) is 11.6. The summed E-state index contributed by atoms with van der Waals surface area (Å²) in [6.07, 6.45) is 6.04. The van der Waals surface area contributed by atoms with Gasteiger partial charge in [0.1, 0.15) is 0 Å². The van der Waals surface area contributed by atoms with E-state index < -0.39 is 0 Å². The molecule has 0 spiro atoms. The SMILES string of the molecule is O=C1CCCCCC(=O)OCCCCCO1. The number of carbonyl (C=O) groups excluding carboxylic acids is 2. The van der Waals surface area contributed by atoms with Crippen LogP contribution in [0.25, 0.3) is 0 Å². The van der Waals surface area contributed by atoms with Gasteiger partial charge in [0.2, 0.25) is 0 Å². The van der Waals surface area contributed by atoms with Gasteiger partial charge in [-0.05, 0) is 32.1 Å². The van der Waals surface area contributed by atoms with Crippen molar-refractivity contribution in [2.45, 2.75) is 51.4 Å². The van der Waals surface area contributed by atoms with Crippen LogP contribution >= 0.6 is 0 Å². The van der Waals surface area contributed by atoms with Crippen LogP contribution in [0, 0.1) is 0 Å². The fourth-order valence-corrected chi connectivity index (χ4v) is 1.61. The predicted octanol–water partition coefficient (Wildman–Crippen LogP) is 2.21. The molecule has 0 bridgehead atoms. The highest BCUT2D eigenvalue weighted by molar-refractivity contribution is 5.69. The molecule has 0 aromatic heterocycles. The number of carbonyl (C=O) groups is 2. The highest BCUT2D eigenvalue weighted by atomic mass is 16.5. The van der Waals surface area contributed by atoms with Gasteiger partial charge in [-0.2, -0.15) is 0 Å². The van der Waals surface area contributed by atoms with Crippen molar-refractivity contribution in [2.24, 2.45) is 0 Å². The zero-order valence-corrected chi connectivity index (χ0v) is 9.70. The van der Waals surface area contributed by atoms with Crippen molar-refractivity contribution in [3.63, 3.8) is 0 Å². The maximum Gasteiger partial charge on any atom is 0.305 e. The molecule has 1 aliphatic heterocycles. The fourth-order valence-electron chi connectivity index (χ4n) is 1.61. The second kappa shape index (κ2) is 8.13. The highest BCUT2D eigenvalue weighted by Crippen LogP contribution is 2.07. The Balaban J connectivity index is 2.23. The summed E-state index contributed by atoms with van der Waals surface area (Å²) in [5, 5.41) is 0. The standard InChI is InChI=1S/C12H20O4/c13-11-7-3-1-4-8-12(14)16-10-6-2-5-9-15-11/h1-10H2. The molecule has 0 amide bonds. The van der Waals surface area contributed by atoms with Gasteiger partial charge in [-0.25, -0.2) is 0 Å². The van der Waals surface area contributed by atoms with Gasteiger partial charge >= 0.3 is 11.9 Å². The lowest BCUT2D eigenvalue weighted by atomic mass is 10.1. The highest BCUT2D eigenvalue weighted by Gasteiger charge is 2.06. The van der Waals surface area contributed by atoms with Gasteiger partial charge in [0.05, 0.1) is 13.2 Å². The van der Waals surface area contributed by atoms with E-state index in [4.69, 9.17) is 9.47 Å². The van der Waals surface area contributed by atoms with Gasteiger partial charge in [-0.15, -0.1) is 0 Å². The van der Waals surface area contributed by atoms with E-state index in [2.05, 4.69) is 0 Å². The summed E-state index contributed by atoms with van der Waals surface area (Å²) in [5.41, 5.74) is 0. The molecule has 0 saturated carbocycles. The van der Waals surface area contributed by atoms with Crippen molar-refractivity contribution in [1.29, 1.82) is 0 Å². The Morgan fingerprint density at radius 1 is 0.625 bits per heavy atom. The Kier molecular flexibility index (Phi) is 6.61. The van der Waals surface area contributed by atoms with Crippen LogP contribution in [0.1, 0.15) is 51.4 Å². The van der Waals surface area contributed by atoms with Gasteiger partial charge in [0, 0.05) is 12.8 Å². The Bertz CT molecular complexity index is 203. The first-order chi connectivity index (χ1) is 7.79. The molecule has 1 saturated heterocycles. The normalized spacial score (nSPS) is 21.8. The number of rotatable bonds is 0. The topological polar surface area (TPSA) is 52.6 Å². The first-order valence-corrected chi connectivity index (χ1v) is 6.10. The average Bonchev–Trinajstić information content (AvgIpc) is 2.26. The zero-order valence-electron chi connectivity index (χ0n) is 9.70. The fraction of sp³-hybridized carbons (Fsp3) is 0.833. The Labute approximate surface area is 96.3 Å². The number of hydrogen-bond acceptors (Lipinski definition) is 4. The number of hydrogen-bond donors (Lipinski definition) is 0. The van der Waals surface area contributed by atoms with E-state index in [1.807, 2.05) is 0 Å². The molecule has 0 aliphatic carbocycles. The van der Waals surface area contributed by atoms with E-state index >= 15 is 0 Å². The molecule has 0 atom stereocenters. The molecule has 1 aliphatic rings. The first kappa shape index (κ1) is 13.0. The maximum absolute atomic E-state index is 11.2. The van der Waals surface area contributed by atoms with E-state index in [0.29, 0.717) is 26.1 Å². The smallest absolute Gasteiger partial charge is 0.305 e. The molecule has 0 unspecified atom stereocenters. The molecule has 0 radical (unpaired) electrons. The molecule has 0 aromatic carbocycles. The molecule has 4 heteroatoms. The third-order valence-electron chi connectivity index (χ3n) is 2.58. The largest absolute Gasteiger partial charge is 0.466 e. The average molecular weight is 228 g/mol. The number of esters is 2. The van der Waals surface area contributed by atoms with Crippen LogP contribution in [-0.2, 0) is 19.1 Å². The molecule has 92 valence electrons. The van der Waals surface area contributed by atoms with Crippen molar-refractivity contribution in [3.05, 3.63) is 0 Å². The van der Waals surface area contributed by atoms with Crippen LogP contribution in [-0.4, -0.2) is 25.2 Å². The molecule has 1 fully saturated rings. The van der Waals surface area contributed by atoms with Crippen molar-refractivity contribution >= 4 is 11.9 Å². The van der Waals surface area contributed by atoms with Gasteiger partial charge in [-0.1, -0.05) is 6.42 Å². The minimum Gasteiger partial charge on any atom is -0.466 e. The Morgan fingerprint density at radius 3 is 1.56 bits per heavy atom. The Morgan fingerprint density at radius 2 is 1.06 bits per heavy atom. The van der Waals surface area contributed by atoms with Crippen LogP contribution in [0.2, 0.25) is 0 Å². The number of cyclic esters (lactones) is 2. The van der Waals surface area contributed by atoms with E-state index in [1.54, 1.807) is 0 Å². The van der Waals surface area contributed by atoms with Crippen molar-refractivity contribution in [1.82, 2.24) is 0 Å². The molecule has 0 N–H and O–H groups in total. The molecule has 16 heavy (non-hydrogen) atoms. The van der Waals surface area contributed by atoms with Crippen molar-refractivity contribution in [2.75, 3.05) is 13.2 Å². The van der Waals surface area contributed by atoms with Crippen molar-refractivity contribution in [3.8, 4) is 0 Å². The lowest BCUT2D eigenvalue weighted by Gasteiger charge is -2.08. The van der Waals surface area contributed by atoms with Crippen LogP contribution < -0.4 is 0 Å². The van der Waals surface area contributed by atoms with Gasteiger partial charge < -0.3 is 9.47 Å².